The molecule has 2 amide bonds. The third kappa shape index (κ3) is 2.30. The van der Waals surface area contributed by atoms with Gasteiger partial charge in [-0.25, -0.2) is 4.79 Å². The molecule has 0 bridgehead atoms. The van der Waals surface area contributed by atoms with Crippen LogP contribution in [0.15, 0.2) is 24.3 Å². The molecule has 2 aliphatic rings. The number of carbonyl (C=O) groups is 1. The molecule has 1 fully saturated rings. The van der Waals surface area contributed by atoms with Crippen molar-refractivity contribution in [2.75, 3.05) is 34.2 Å². The summed E-state index contributed by atoms with van der Waals surface area (Å²) in [4.78, 5) is 18.5. The number of fused-ring (bicyclic) bond motifs is 3. The summed E-state index contributed by atoms with van der Waals surface area (Å²) >= 11 is 0. The van der Waals surface area contributed by atoms with Gasteiger partial charge in [-0.05, 0) is 32.0 Å². The quantitative estimate of drug-likeness (QED) is 0.840. The van der Waals surface area contributed by atoms with E-state index in [9.17, 15) is 4.79 Å². The molecule has 0 N–H and O–H groups in total. The van der Waals surface area contributed by atoms with Crippen molar-refractivity contribution in [2.45, 2.75) is 31.8 Å². The summed E-state index contributed by atoms with van der Waals surface area (Å²) in [6.45, 7) is 6.19. The van der Waals surface area contributed by atoms with E-state index in [1.807, 2.05) is 19.0 Å². The molecular weight excluding hydrogens is 274 g/mol. The van der Waals surface area contributed by atoms with Gasteiger partial charge >= 0.3 is 6.03 Å². The monoisotopic (exact) mass is 301 g/mol. The number of benzene rings is 1. The highest BCUT2D eigenvalue weighted by molar-refractivity contribution is 5.74. The second-order valence-electron chi connectivity index (χ2n) is 7.19. The minimum Gasteiger partial charge on any atom is -0.331 e. The highest BCUT2D eigenvalue weighted by Gasteiger charge is 2.49. The lowest BCUT2D eigenvalue weighted by Crippen LogP contribution is -2.40. The number of nitrogens with zero attached hydrogens (tertiary/aromatic N) is 3. The Kier molecular flexibility index (Phi) is 3.89. The Hall–Kier alpha value is -1.55. The predicted octanol–water partition coefficient (Wildman–Crippen LogP) is 2.78. The average Bonchev–Trinajstić information content (AvgIpc) is 3.02. The third-order valence-electron chi connectivity index (χ3n) is 5.39. The Balaban J connectivity index is 1.94. The van der Waals surface area contributed by atoms with Crippen molar-refractivity contribution in [1.82, 2.24) is 14.7 Å². The maximum Gasteiger partial charge on any atom is 0.319 e. The van der Waals surface area contributed by atoms with Crippen molar-refractivity contribution in [3.05, 3.63) is 35.4 Å². The van der Waals surface area contributed by atoms with Crippen LogP contribution in [-0.4, -0.2) is 61.0 Å². The summed E-state index contributed by atoms with van der Waals surface area (Å²) in [7, 11) is 5.88. The number of amides is 2. The van der Waals surface area contributed by atoms with Crippen molar-refractivity contribution in [3.8, 4) is 0 Å². The number of rotatable bonds is 2. The Bertz CT molecular complexity index is 569. The van der Waals surface area contributed by atoms with Gasteiger partial charge < -0.3 is 9.80 Å². The van der Waals surface area contributed by atoms with Gasteiger partial charge in [0.2, 0.25) is 0 Å². The van der Waals surface area contributed by atoms with Gasteiger partial charge in [0.1, 0.15) is 0 Å². The molecule has 0 spiro atoms. The van der Waals surface area contributed by atoms with Gasteiger partial charge in [-0.3, -0.25) is 4.90 Å². The molecule has 0 aromatic heterocycles. The van der Waals surface area contributed by atoms with E-state index >= 15 is 0 Å². The van der Waals surface area contributed by atoms with Crippen LogP contribution in [0.25, 0.3) is 0 Å². The van der Waals surface area contributed by atoms with Crippen LogP contribution in [-0.2, 0) is 0 Å². The lowest BCUT2D eigenvalue weighted by molar-refractivity contribution is 0.142. The smallest absolute Gasteiger partial charge is 0.319 e. The van der Waals surface area contributed by atoms with E-state index in [-0.39, 0.29) is 6.03 Å². The van der Waals surface area contributed by atoms with Crippen LogP contribution in [0.1, 0.15) is 36.9 Å². The molecular formula is C18H27N3O. The maximum absolute atomic E-state index is 12.3. The summed E-state index contributed by atoms with van der Waals surface area (Å²) < 4.78 is 0. The first-order chi connectivity index (χ1) is 10.4. The second kappa shape index (κ2) is 5.58. The molecule has 4 heteroatoms. The summed E-state index contributed by atoms with van der Waals surface area (Å²) in [6.07, 6.45) is 0. The highest BCUT2D eigenvalue weighted by atomic mass is 16.2. The molecule has 1 saturated heterocycles. The summed E-state index contributed by atoms with van der Waals surface area (Å²) in [5.74, 6) is 0.986. The molecule has 0 saturated carbocycles. The molecule has 1 aliphatic carbocycles. The van der Waals surface area contributed by atoms with Gasteiger partial charge in [0, 0.05) is 51.1 Å². The number of hydrogen-bond donors (Lipinski definition) is 0. The molecule has 120 valence electrons. The van der Waals surface area contributed by atoms with Crippen LogP contribution in [0.5, 0.6) is 0 Å². The summed E-state index contributed by atoms with van der Waals surface area (Å²) in [5, 5.41) is 0. The van der Waals surface area contributed by atoms with Crippen LogP contribution < -0.4 is 0 Å². The first-order valence-corrected chi connectivity index (χ1v) is 8.18. The molecule has 1 aliphatic heterocycles. The molecule has 22 heavy (non-hydrogen) atoms. The van der Waals surface area contributed by atoms with Crippen molar-refractivity contribution >= 4 is 6.03 Å². The Morgan fingerprint density at radius 2 is 1.77 bits per heavy atom. The first-order valence-electron chi connectivity index (χ1n) is 8.18. The van der Waals surface area contributed by atoms with Gasteiger partial charge in [0.15, 0.2) is 0 Å². The molecule has 1 aromatic rings. The normalized spacial score (nSPS) is 26.5. The fourth-order valence-corrected chi connectivity index (χ4v) is 4.11. The number of urea groups is 1. The largest absolute Gasteiger partial charge is 0.331 e. The van der Waals surface area contributed by atoms with Crippen molar-refractivity contribution in [1.29, 1.82) is 0 Å². The highest BCUT2D eigenvalue weighted by Crippen LogP contribution is 2.51. The van der Waals surface area contributed by atoms with E-state index in [2.05, 4.69) is 50.1 Å². The Labute approximate surface area is 133 Å². The van der Waals surface area contributed by atoms with Crippen LogP contribution in [0.4, 0.5) is 4.79 Å². The lowest BCUT2D eigenvalue weighted by Gasteiger charge is -2.33. The van der Waals surface area contributed by atoms with E-state index in [4.69, 9.17) is 0 Å². The third-order valence-corrected chi connectivity index (χ3v) is 5.39. The molecule has 0 unspecified atom stereocenters. The average molecular weight is 301 g/mol. The van der Waals surface area contributed by atoms with Gasteiger partial charge in [-0.2, -0.15) is 0 Å². The van der Waals surface area contributed by atoms with Crippen LogP contribution in [0.2, 0.25) is 0 Å². The number of likely N-dealkylation sites (tertiary alicyclic amines) is 1. The van der Waals surface area contributed by atoms with Crippen LogP contribution >= 0.6 is 0 Å². The molecule has 0 radical (unpaired) electrons. The Morgan fingerprint density at radius 1 is 1.14 bits per heavy atom. The van der Waals surface area contributed by atoms with Crippen molar-refractivity contribution in [2.24, 2.45) is 5.92 Å². The van der Waals surface area contributed by atoms with Crippen LogP contribution in [0, 0.1) is 5.92 Å². The fourth-order valence-electron chi connectivity index (χ4n) is 4.11. The Morgan fingerprint density at radius 3 is 2.36 bits per heavy atom. The fraction of sp³-hybridized carbons (Fsp3) is 0.611. The van der Waals surface area contributed by atoms with Crippen molar-refractivity contribution < 1.29 is 4.79 Å². The van der Waals surface area contributed by atoms with E-state index in [1.54, 1.807) is 4.90 Å². The van der Waals surface area contributed by atoms with Gasteiger partial charge in [-0.15, -0.1) is 0 Å². The predicted molar refractivity (Wildman–Crippen MR) is 89.0 cm³/mol. The van der Waals surface area contributed by atoms with E-state index in [0.29, 0.717) is 23.9 Å². The molecule has 3 rings (SSSR count). The zero-order chi connectivity index (χ0) is 16.0. The minimum absolute atomic E-state index is 0.137. The van der Waals surface area contributed by atoms with Gasteiger partial charge in [0.05, 0.1) is 0 Å². The lowest BCUT2D eigenvalue weighted by atomic mass is 9.93. The molecule has 1 aromatic carbocycles. The van der Waals surface area contributed by atoms with E-state index in [1.165, 1.54) is 11.1 Å². The van der Waals surface area contributed by atoms with E-state index in [0.717, 1.165) is 13.1 Å². The summed E-state index contributed by atoms with van der Waals surface area (Å²) in [6, 6.07) is 9.85. The standard InChI is InChI=1S/C18H27N3O/c1-12(2)20(5)17-14-9-7-6-8-13(14)15-10-21(11-16(15)17)18(22)19(3)4/h6-9,12,15-17H,10-11H2,1-5H3/t15-,16-,17-/m0/s1. The number of carbonyl (C=O) groups excluding carboxylic acids is 1. The molecule has 3 atom stereocenters. The zero-order valence-corrected chi connectivity index (χ0v) is 14.3. The molecule has 1 heterocycles. The second-order valence-corrected chi connectivity index (χ2v) is 7.19. The maximum atomic E-state index is 12.3. The van der Waals surface area contributed by atoms with E-state index < -0.39 is 0 Å². The minimum atomic E-state index is 0.137. The summed E-state index contributed by atoms with van der Waals surface area (Å²) in [5.41, 5.74) is 2.91. The van der Waals surface area contributed by atoms with Crippen molar-refractivity contribution in [3.63, 3.8) is 0 Å². The molecule has 4 nitrogen and oxygen atoms in total. The number of hydrogen-bond acceptors (Lipinski definition) is 2. The zero-order valence-electron chi connectivity index (χ0n) is 14.3. The first kappa shape index (κ1) is 15.3. The SMILES string of the molecule is CC(C)N(C)[C@H]1c2ccccc2[C@@H]2CN(C(=O)N(C)C)C[C@@H]21. The van der Waals surface area contributed by atoms with Crippen LogP contribution in [0.3, 0.4) is 0 Å². The topological polar surface area (TPSA) is 26.8 Å². The van der Waals surface area contributed by atoms with Gasteiger partial charge in [0.25, 0.3) is 0 Å². The van der Waals surface area contributed by atoms with Gasteiger partial charge in [-0.1, -0.05) is 24.3 Å².